The highest BCUT2D eigenvalue weighted by Crippen LogP contribution is 2.60. The molecule has 36 heavy (non-hydrogen) atoms. The van der Waals surface area contributed by atoms with Crippen LogP contribution in [0.25, 0.3) is 0 Å². The fourth-order valence-corrected chi connectivity index (χ4v) is 7.26. The molecule has 3 fully saturated rings. The Morgan fingerprint density at radius 2 is 1.97 bits per heavy atom. The van der Waals surface area contributed by atoms with Crippen LogP contribution in [0.15, 0.2) is 59.8 Å². The van der Waals surface area contributed by atoms with Crippen molar-refractivity contribution in [2.24, 2.45) is 29.1 Å². The molecule has 3 aliphatic rings. The zero-order valence-corrected chi connectivity index (χ0v) is 23.5. The summed E-state index contributed by atoms with van der Waals surface area (Å²) in [4.78, 5) is 12.7. The molecule has 6 atom stereocenters. The van der Waals surface area contributed by atoms with E-state index in [0.717, 1.165) is 31.6 Å². The van der Waals surface area contributed by atoms with Gasteiger partial charge in [0.05, 0.1) is 6.10 Å². The highest BCUT2D eigenvalue weighted by molar-refractivity contribution is 5.82. The van der Waals surface area contributed by atoms with Crippen molar-refractivity contribution in [1.29, 1.82) is 0 Å². The molecule has 1 unspecified atom stereocenters. The molecule has 0 heterocycles. The Bertz CT molecular complexity index is 889. The predicted octanol–water partition coefficient (Wildman–Crippen LogP) is 8.27. The van der Waals surface area contributed by atoms with Gasteiger partial charge in [-0.25, -0.2) is 4.79 Å². The second-order valence-electron chi connectivity index (χ2n) is 12.3. The smallest absolute Gasteiger partial charge is 0.331 e. The lowest BCUT2D eigenvalue weighted by molar-refractivity contribution is -0.147. The van der Waals surface area contributed by atoms with Crippen molar-refractivity contribution in [1.82, 2.24) is 0 Å². The van der Waals surface area contributed by atoms with Crippen molar-refractivity contribution in [2.75, 3.05) is 0 Å². The van der Waals surface area contributed by atoms with Gasteiger partial charge in [-0.1, -0.05) is 95.1 Å². The molecule has 0 saturated heterocycles. The van der Waals surface area contributed by atoms with Crippen molar-refractivity contribution >= 4 is 5.97 Å². The molecule has 0 spiro atoms. The van der Waals surface area contributed by atoms with E-state index in [-0.39, 0.29) is 23.6 Å². The average molecular weight is 495 g/mol. The molecule has 3 nitrogen and oxygen atoms in total. The second kappa shape index (κ2) is 13.1. The first-order chi connectivity index (χ1) is 17.2. The second-order valence-corrected chi connectivity index (χ2v) is 12.3. The number of hydrogen-bond donors (Lipinski definition) is 1. The average Bonchev–Trinajstić information content (AvgIpc) is 3.11. The summed E-state index contributed by atoms with van der Waals surface area (Å²) in [6.45, 7) is 15.6. The summed E-state index contributed by atoms with van der Waals surface area (Å²) in [7, 11) is 0. The van der Waals surface area contributed by atoms with E-state index >= 15 is 0 Å². The number of esters is 1. The maximum Gasteiger partial charge on any atom is 0.331 e. The van der Waals surface area contributed by atoms with Gasteiger partial charge in [0.15, 0.2) is 0 Å². The number of carbonyl (C=O) groups excluding carboxylic acids is 1. The van der Waals surface area contributed by atoms with Gasteiger partial charge in [-0.15, -0.1) is 0 Å². The Kier molecular flexibility index (Phi) is 10.4. The van der Waals surface area contributed by atoms with Crippen LogP contribution in [0.3, 0.4) is 0 Å². The lowest BCUT2D eigenvalue weighted by Gasteiger charge is -2.44. The first-order valence-corrected chi connectivity index (χ1v) is 14.4. The fourth-order valence-electron chi connectivity index (χ4n) is 7.26. The van der Waals surface area contributed by atoms with Gasteiger partial charge in [-0.3, -0.25) is 0 Å². The van der Waals surface area contributed by atoms with E-state index in [2.05, 4.69) is 46.4 Å². The molecule has 0 aromatic carbocycles. The number of ether oxygens (including phenoxy) is 1. The Hall–Kier alpha value is -1.87. The van der Waals surface area contributed by atoms with Gasteiger partial charge in [-0.2, -0.15) is 0 Å². The van der Waals surface area contributed by atoms with Crippen molar-refractivity contribution < 1.29 is 14.6 Å². The minimum absolute atomic E-state index is 0.0440. The van der Waals surface area contributed by atoms with Crippen LogP contribution in [-0.2, 0) is 9.53 Å². The molecule has 0 bridgehead atoms. The lowest BCUT2D eigenvalue weighted by Crippen LogP contribution is -2.39. The van der Waals surface area contributed by atoms with Gasteiger partial charge >= 0.3 is 5.97 Å². The highest BCUT2D eigenvalue weighted by atomic mass is 16.5. The third-order valence-corrected chi connectivity index (χ3v) is 9.10. The molecule has 1 N–H and O–H groups in total. The quantitative estimate of drug-likeness (QED) is 0.199. The molecule has 200 valence electrons. The third kappa shape index (κ3) is 7.12. The standard InChI is InChI=1S/C33H50O3/c1-7-8-9-15-31(35)36-30-22-29-26(17-18-27-21-28(34)19-16-24(27)4)14-11-20-33(29,6)32(30)25(5)13-10-12-23(2)3/h7-9,15,17-18,23,25,28-30,32,34H,4,10-14,16,19-22H2,1-3,5-6H3/b8-7+,15-9+,26-17+,27-18+/t25-,28+,29+,30?,32+,33-/m1/s1. The number of aliphatic hydroxyl groups is 1. The molecule has 3 rings (SSSR count). The summed E-state index contributed by atoms with van der Waals surface area (Å²) in [6, 6.07) is 0. The molecule has 3 saturated carbocycles. The third-order valence-electron chi connectivity index (χ3n) is 9.10. The molecule has 0 aromatic heterocycles. The lowest BCUT2D eigenvalue weighted by atomic mass is 9.60. The number of hydrogen-bond acceptors (Lipinski definition) is 3. The van der Waals surface area contributed by atoms with Crippen molar-refractivity contribution in [2.45, 2.75) is 111 Å². The summed E-state index contributed by atoms with van der Waals surface area (Å²) in [5, 5.41) is 10.2. The van der Waals surface area contributed by atoms with Crippen molar-refractivity contribution in [3.8, 4) is 0 Å². The predicted molar refractivity (Wildman–Crippen MR) is 150 cm³/mol. The maximum absolute atomic E-state index is 12.7. The zero-order chi connectivity index (χ0) is 26.3. The number of fused-ring (bicyclic) bond motifs is 1. The van der Waals surface area contributed by atoms with Crippen molar-refractivity contribution in [3.63, 3.8) is 0 Å². The van der Waals surface area contributed by atoms with E-state index in [1.54, 1.807) is 12.2 Å². The molecule has 3 heteroatoms. The first kappa shape index (κ1) is 28.7. The van der Waals surface area contributed by atoms with Crippen LogP contribution in [0.4, 0.5) is 0 Å². The van der Waals surface area contributed by atoms with E-state index in [0.29, 0.717) is 24.2 Å². The normalized spacial score (nSPS) is 34.2. The minimum atomic E-state index is -0.251. The Labute approximate surface area is 220 Å². The van der Waals surface area contributed by atoms with E-state index in [1.165, 1.54) is 48.8 Å². The molecule has 0 radical (unpaired) electrons. The van der Waals surface area contributed by atoms with Crippen LogP contribution in [0.5, 0.6) is 0 Å². The van der Waals surface area contributed by atoms with Crippen LogP contribution in [0, 0.1) is 29.1 Å². The monoisotopic (exact) mass is 494 g/mol. The largest absolute Gasteiger partial charge is 0.459 e. The van der Waals surface area contributed by atoms with E-state index in [1.807, 2.05) is 19.1 Å². The topological polar surface area (TPSA) is 46.5 Å². The maximum atomic E-state index is 12.7. The van der Waals surface area contributed by atoms with E-state index in [4.69, 9.17) is 4.74 Å². The van der Waals surface area contributed by atoms with Gasteiger partial charge in [0.1, 0.15) is 6.10 Å². The van der Waals surface area contributed by atoms with Crippen molar-refractivity contribution in [3.05, 3.63) is 59.8 Å². The van der Waals surface area contributed by atoms with Gasteiger partial charge < -0.3 is 9.84 Å². The van der Waals surface area contributed by atoms with Crippen LogP contribution in [0.2, 0.25) is 0 Å². The summed E-state index contributed by atoms with van der Waals surface area (Å²) in [5.74, 6) is 1.82. The number of rotatable bonds is 9. The fraction of sp³-hybridized carbons (Fsp3) is 0.667. The SMILES string of the molecule is C=C1CC[C@H](O)C/C1=C\C=C1/CCC[C@@]2(C)[C@@H]([C@H](C)CCCC(C)C)C(OC(=O)/C=C/C=C/C)C[C@@H]12. The van der Waals surface area contributed by atoms with Crippen LogP contribution < -0.4 is 0 Å². The van der Waals surface area contributed by atoms with Gasteiger partial charge in [-0.05, 0) is 80.6 Å². The van der Waals surface area contributed by atoms with E-state index in [9.17, 15) is 9.90 Å². The Balaban J connectivity index is 1.86. The van der Waals surface area contributed by atoms with Gasteiger partial charge in [0.25, 0.3) is 0 Å². The number of allylic oxidation sites excluding steroid dienone is 7. The van der Waals surface area contributed by atoms with Gasteiger partial charge in [0.2, 0.25) is 0 Å². The number of aliphatic hydroxyl groups excluding tert-OH is 1. The Morgan fingerprint density at radius 3 is 2.69 bits per heavy atom. The molecular weight excluding hydrogens is 444 g/mol. The summed E-state index contributed by atoms with van der Waals surface area (Å²) >= 11 is 0. The zero-order valence-electron chi connectivity index (χ0n) is 23.5. The molecular formula is C33H50O3. The molecule has 0 amide bonds. The van der Waals surface area contributed by atoms with E-state index < -0.39 is 0 Å². The highest BCUT2D eigenvalue weighted by Gasteiger charge is 2.56. The molecule has 0 aromatic rings. The Morgan fingerprint density at radius 1 is 1.19 bits per heavy atom. The van der Waals surface area contributed by atoms with Crippen LogP contribution >= 0.6 is 0 Å². The van der Waals surface area contributed by atoms with Crippen LogP contribution in [0.1, 0.15) is 98.8 Å². The van der Waals surface area contributed by atoms with Gasteiger partial charge in [0, 0.05) is 12.0 Å². The first-order valence-electron chi connectivity index (χ1n) is 14.4. The summed E-state index contributed by atoms with van der Waals surface area (Å²) in [5.41, 5.74) is 3.99. The van der Waals surface area contributed by atoms with Crippen LogP contribution in [-0.4, -0.2) is 23.3 Å². The summed E-state index contributed by atoms with van der Waals surface area (Å²) < 4.78 is 6.20. The summed E-state index contributed by atoms with van der Waals surface area (Å²) in [6.07, 6.45) is 21.9. The number of carbonyl (C=O) groups is 1. The molecule has 3 aliphatic carbocycles. The minimum Gasteiger partial charge on any atom is -0.459 e. The molecule has 0 aliphatic heterocycles.